The van der Waals surface area contributed by atoms with Crippen LogP contribution in [0.15, 0.2) is 10.6 Å². The maximum atomic E-state index is 12.1. The molecular weight excluding hydrogens is 264 g/mol. The minimum Gasteiger partial charge on any atom is -0.360 e. The molecule has 0 spiro atoms. The number of hydrogen-bond acceptors (Lipinski definition) is 3. The molecule has 1 heterocycles. The molecule has 4 heteroatoms. The van der Waals surface area contributed by atoms with Crippen LogP contribution in [0.5, 0.6) is 0 Å². The first kappa shape index (κ1) is 13.4. The summed E-state index contributed by atoms with van der Waals surface area (Å²) >= 11 is 0. The van der Waals surface area contributed by atoms with Crippen molar-refractivity contribution in [2.75, 3.05) is 6.54 Å². The average molecular weight is 288 g/mol. The lowest BCUT2D eigenvalue weighted by Crippen LogP contribution is -2.26. The number of rotatable bonds is 5. The predicted molar refractivity (Wildman–Crippen MR) is 79.0 cm³/mol. The monoisotopic (exact) mass is 288 g/mol. The van der Waals surface area contributed by atoms with Crippen molar-refractivity contribution in [3.8, 4) is 0 Å². The van der Waals surface area contributed by atoms with Gasteiger partial charge in [-0.05, 0) is 37.0 Å². The van der Waals surface area contributed by atoms with Crippen LogP contribution in [0.3, 0.4) is 0 Å². The van der Waals surface area contributed by atoms with E-state index in [-0.39, 0.29) is 5.91 Å². The van der Waals surface area contributed by atoms with E-state index < -0.39 is 0 Å². The zero-order chi connectivity index (χ0) is 14.2. The molecule has 0 aromatic carbocycles. The summed E-state index contributed by atoms with van der Waals surface area (Å²) in [7, 11) is 0. The van der Waals surface area contributed by atoms with Gasteiger partial charge in [-0.2, -0.15) is 0 Å². The van der Waals surface area contributed by atoms with Crippen LogP contribution in [-0.4, -0.2) is 17.6 Å². The van der Waals surface area contributed by atoms with Crippen LogP contribution >= 0.6 is 0 Å². The van der Waals surface area contributed by atoms with Crippen molar-refractivity contribution in [3.05, 3.63) is 17.5 Å². The van der Waals surface area contributed by atoms with Crippen molar-refractivity contribution in [1.82, 2.24) is 10.5 Å². The van der Waals surface area contributed by atoms with Crippen molar-refractivity contribution < 1.29 is 9.32 Å². The van der Waals surface area contributed by atoms with Gasteiger partial charge in [-0.1, -0.05) is 37.3 Å². The number of carbonyl (C=O) groups excluding carboxylic acids is 1. The second-order valence-corrected chi connectivity index (χ2v) is 7.16. The molecule has 1 amide bonds. The molecule has 1 aromatic heterocycles. The molecule has 2 atom stereocenters. The van der Waals surface area contributed by atoms with Gasteiger partial charge in [0.15, 0.2) is 5.69 Å². The Labute approximate surface area is 125 Å². The number of aromatic nitrogens is 1. The van der Waals surface area contributed by atoms with Crippen LogP contribution in [0, 0.1) is 17.8 Å². The van der Waals surface area contributed by atoms with Gasteiger partial charge in [-0.25, -0.2) is 0 Å². The largest absolute Gasteiger partial charge is 0.360 e. The lowest BCUT2D eigenvalue weighted by molar-refractivity contribution is 0.0941. The maximum Gasteiger partial charge on any atom is 0.273 e. The Morgan fingerprint density at radius 1 is 1.24 bits per heavy atom. The summed E-state index contributed by atoms with van der Waals surface area (Å²) in [6.45, 7) is 0.811. The van der Waals surface area contributed by atoms with Crippen LogP contribution in [0.2, 0.25) is 0 Å². The average Bonchev–Trinajstić information content (AvgIpc) is 3.44. The molecule has 1 N–H and O–H groups in total. The summed E-state index contributed by atoms with van der Waals surface area (Å²) in [4.78, 5) is 12.1. The van der Waals surface area contributed by atoms with E-state index in [4.69, 9.17) is 4.52 Å². The van der Waals surface area contributed by atoms with Crippen molar-refractivity contribution in [2.24, 2.45) is 17.8 Å². The Hall–Kier alpha value is -1.32. The molecule has 3 aliphatic rings. The molecule has 3 aliphatic carbocycles. The first-order chi connectivity index (χ1) is 10.3. The van der Waals surface area contributed by atoms with E-state index in [9.17, 15) is 4.79 Å². The Bertz CT molecular complexity index is 515. The Balaban J connectivity index is 1.24. The molecular formula is C17H24N2O2. The standard InChI is InChI=1S/C17H24N2O2/c20-17(15-9-16(21-19-15)12-6-7-12)18-10-13-8-14(13)11-4-2-1-3-5-11/h9,11-14H,1-8,10H2,(H,18,20)/t13-,14-/m0/s1. The minimum atomic E-state index is -0.0695. The molecule has 0 aliphatic heterocycles. The number of nitrogens with one attached hydrogen (secondary N) is 1. The summed E-state index contributed by atoms with van der Waals surface area (Å²) in [5.41, 5.74) is 0.451. The smallest absolute Gasteiger partial charge is 0.273 e. The lowest BCUT2D eigenvalue weighted by Gasteiger charge is -2.21. The van der Waals surface area contributed by atoms with E-state index in [1.54, 1.807) is 0 Å². The van der Waals surface area contributed by atoms with E-state index in [2.05, 4.69) is 10.5 Å². The number of nitrogens with zero attached hydrogens (tertiary/aromatic N) is 1. The molecule has 3 fully saturated rings. The third kappa shape index (κ3) is 2.99. The van der Waals surface area contributed by atoms with Crippen LogP contribution < -0.4 is 5.32 Å². The third-order valence-electron chi connectivity index (χ3n) is 5.50. The SMILES string of the molecule is O=C(NC[C@@H]1C[C@H]1C1CCCCC1)c1cc(C2CC2)on1. The summed E-state index contributed by atoms with van der Waals surface area (Å²) < 4.78 is 5.24. The fourth-order valence-corrected chi connectivity index (χ4v) is 3.92. The van der Waals surface area contributed by atoms with Crippen LogP contribution in [0.25, 0.3) is 0 Å². The number of amides is 1. The minimum absolute atomic E-state index is 0.0695. The summed E-state index contributed by atoms with van der Waals surface area (Å²) in [5, 5.41) is 6.94. The van der Waals surface area contributed by atoms with E-state index in [1.165, 1.54) is 51.4 Å². The lowest BCUT2D eigenvalue weighted by atomic mass is 9.85. The second-order valence-electron chi connectivity index (χ2n) is 7.16. The van der Waals surface area contributed by atoms with Gasteiger partial charge in [0.1, 0.15) is 5.76 Å². The number of hydrogen-bond donors (Lipinski definition) is 1. The molecule has 114 valence electrons. The molecule has 0 saturated heterocycles. The maximum absolute atomic E-state index is 12.1. The van der Waals surface area contributed by atoms with Gasteiger partial charge in [0.25, 0.3) is 5.91 Å². The molecule has 3 saturated carbocycles. The Morgan fingerprint density at radius 3 is 2.81 bits per heavy atom. The van der Waals surface area contributed by atoms with Gasteiger partial charge in [-0.3, -0.25) is 4.79 Å². The highest BCUT2D eigenvalue weighted by Gasteiger charge is 2.42. The normalized spacial score (nSPS) is 29.3. The van der Waals surface area contributed by atoms with Crippen molar-refractivity contribution in [2.45, 2.75) is 57.3 Å². The van der Waals surface area contributed by atoms with Gasteiger partial charge in [0.2, 0.25) is 0 Å². The predicted octanol–water partition coefficient (Wildman–Crippen LogP) is 3.50. The van der Waals surface area contributed by atoms with Crippen molar-refractivity contribution >= 4 is 5.91 Å². The highest BCUT2D eigenvalue weighted by molar-refractivity contribution is 5.92. The summed E-state index contributed by atoms with van der Waals surface area (Å²) in [6.07, 6.45) is 10.7. The first-order valence-electron chi connectivity index (χ1n) is 8.56. The van der Waals surface area contributed by atoms with Crippen LogP contribution in [0.4, 0.5) is 0 Å². The van der Waals surface area contributed by atoms with E-state index in [1.807, 2.05) is 6.07 Å². The highest BCUT2D eigenvalue weighted by Crippen LogP contribution is 2.49. The Morgan fingerprint density at radius 2 is 2.05 bits per heavy atom. The fourth-order valence-electron chi connectivity index (χ4n) is 3.92. The topological polar surface area (TPSA) is 55.1 Å². The molecule has 4 rings (SSSR count). The van der Waals surface area contributed by atoms with E-state index in [0.29, 0.717) is 17.5 Å². The van der Waals surface area contributed by atoms with Gasteiger partial charge in [-0.15, -0.1) is 0 Å². The zero-order valence-corrected chi connectivity index (χ0v) is 12.5. The fraction of sp³-hybridized carbons (Fsp3) is 0.765. The first-order valence-corrected chi connectivity index (χ1v) is 8.56. The summed E-state index contributed by atoms with van der Waals surface area (Å²) in [6, 6.07) is 1.82. The molecule has 4 nitrogen and oxygen atoms in total. The number of carbonyl (C=O) groups is 1. The molecule has 0 bridgehead atoms. The Kier molecular flexibility index (Phi) is 3.48. The van der Waals surface area contributed by atoms with E-state index in [0.717, 1.165) is 24.1 Å². The molecule has 0 radical (unpaired) electrons. The van der Waals surface area contributed by atoms with Crippen LogP contribution in [0.1, 0.15) is 73.5 Å². The van der Waals surface area contributed by atoms with Gasteiger partial charge in [0.05, 0.1) is 0 Å². The quantitative estimate of drug-likeness (QED) is 0.902. The molecule has 0 unspecified atom stereocenters. The van der Waals surface area contributed by atoms with Gasteiger partial charge < -0.3 is 9.84 Å². The van der Waals surface area contributed by atoms with Gasteiger partial charge >= 0.3 is 0 Å². The van der Waals surface area contributed by atoms with Crippen molar-refractivity contribution in [1.29, 1.82) is 0 Å². The van der Waals surface area contributed by atoms with Gasteiger partial charge in [0, 0.05) is 18.5 Å². The van der Waals surface area contributed by atoms with Crippen molar-refractivity contribution in [3.63, 3.8) is 0 Å². The zero-order valence-electron chi connectivity index (χ0n) is 12.5. The van der Waals surface area contributed by atoms with E-state index >= 15 is 0 Å². The third-order valence-corrected chi connectivity index (χ3v) is 5.50. The van der Waals surface area contributed by atoms with Crippen LogP contribution in [-0.2, 0) is 0 Å². The molecule has 1 aromatic rings. The second kappa shape index (κ2) is 5.47. The highest BCUT2D eigenvalue weighted by atomic mass is 16.5. The molecule has 21 heavy (non-hydrogen) atoms. The summed E-state index contributed by atoms with van der Waals surface area (Å²) in [5.74, 6) is 3.82.